The summed E-state index contributed by atoms with van der Waals surface area (Å²) in [6.45, 7) is 0. The second-order valence-electron chi connectivity index (χ2n) is 5.27. The van der Waals surface area contributed by atoms with Crippen molar-refractivity contribution in [3.63, 3.8) is 0 Å². The molecule has 0 fully saturated rings. The van der Waals surface area contributed by atoms with E-state index in [0.717, 1.165) is 28.1 Å². The Bertz CT molecular complexity index is 1040. The third kappa shape index (κ3) is 3.03. The second-order valence-corrected chi connectivity index (χ2v) is 6.24. The van der Waals surface area contributed by atoms with Gasteiger partial charge in [0.2, 0.25) is 5.91 Å². The van der Waals surface area contributed by atoms with Crippen molar-refractivity contribution in [1.82, 2.24) is 14.6 Å². The van der Waals surface area contributed by atoms with Crippen molar-refractivity contribution < 1.29 is 13.9 Å². The maximum atomic E-state index is 12.2. The topological polar surface area (TPSA) is 81.7 Å². The van der Waals surface area contributed by atoms with E-state index in [1.165, 1.54) is 11.8 Å². The van der Waals surface area contributed by atoms with Gasteiger partial charge in [0.25, 0.3) is 0 Å². The number of hydrogen-bond donors (Lipinski definition) is 1. The second kappa shape index (κ2) is 6.48. The minimum atomic E-state index is -0.116. The number of aromatic nitrogens is 3. The number of ether oxygens (including phenoxy) is 1. The van der Waals surface area contributed by atoms with Gasteiger partial charge >= 0.3 is 0 Å². The summed E-state index contributed by atoms with van der Waals surface area (Å²) >= 11 is 1.33. The molecule has 7 nitrogen and oxygen atoms in total. The van der Waals surface area contributed by atoms with Crippen molar-refractivity contribution in [3.05, 3.63) is 49.0 Å². The van der Waals surface area contributed by atoms with Gasteiger partial charge in [-0.05, 0) is 24.3 Å². The third-order valence-corrected chi connectivity index (χ3v) is 4.68. The van der Waals surface area contributed by atoms with Gasteiger partial charge in [0.1, 0.15) is 17.1 Å². The zero-order chi connectivity index (χ0) is 17.2. The number of amides is 1. The Kier molecular flexibility index (Phi) is 4.02. The number of benzene rings is 1. The number of carbonyl (C=O) groups is 1. The van der Waals surface area contributed by atoms with E-state index >= 15 is 0 Å². The van der Waals surface area contributed by atoms with Crippen LogP contribution in [-0.4, -0.2) is 33.4 Å². The monoisotopic (exact) mass is 354 g/mol. The number of nitrogens with zero attached hydrogens (tertiary/aromatic N) is 3. The van der Waals surface area contributed by atoms with Gasteiger partial charge in [0.05, 0.1) is 30.2 Å². The van der Waals surface area contributed by atoms with Crippen LogP contribution in [0.1, 0.15) is 0 Å². The van der Waals surface area contributed by atoms with Gasteiger partial charge in [-0.3, -0.25) is 9.20 Å². The fourth-order valence-corrected chi connectivity index (χ4v) is 3.27. The molecule has 0 bridgehead atoms. The van der Waals surface area contributed by atoms with Crippen LogP contribution in [0.5, 0.6) is 5.75 Å². The number of carbonyl (C=O) groups excluding carboxylic acids is 1. The molecule has 3 heterocycles. The first-order chi connectivity index (χ1) is 12.2. The molecule has 0 saturated heterocycles. The highest BCUT2D eigenvalue weighted by Gasteiger charge is 2.12. The van der Waals surface area contributed by atoms with Crippen molar-refractivity contribution in [3.8, 4) is 5.75 Å². The van der Waals surface area contributed by atoms with Crippen molar-refractivity contribution in [2.75, 3.05) is 18.2 Å². The Labute approximate surface area is 147 Å². The normalized spacial score (nSPS) is 11.1. The Morgan fingerprint density at radius 3 is 2.92 bits per heavy atom. The van der Waals surface area contributed by atoms with Crippen molar-refractivity contribution in [2.45, 2.75) is 5.03 Å². The summed E-state index contributed by atoms with van der Waals surface area (Å²) in [6.07, 6.45) is 3.27. The van der Waals surface area contributed by atoms with Crippen molar-refractivity contribution in [1.29, 1.82) is 0 Å². The van der Waals surface area contributed by atoms with Crippen LogP contribution in [0.4, 0.5) is 5.69 Å². The molecule has 0 unspecified atom stereocenters. The maximum absolute atomic E-state index is 12.2. The fraction of sp³-hybridized carbons (Fsp3) is 0.118. The van der Waals surface area contributed by atoms with Gasteiger partial charge in [-0.15, -0.1) is 10.2 Å². The molecule has 4 aromatic rings. The van der Waals surface area contributed by atoms with Gasteiger partial charge in [-0.25, -0.2) is 0 Å². The lowest BCUT2D eigenvalue weighted by Gasteiger charge is -2.06. The molecule has 3 aromatic heterocycles. The molecule has 0 aliphatic rings. The standard InChI is InChI=1S/C17H14N4O3S/c1-23-12-4-2-11(3-5-12)19-16(22)9-25-17-14-8-15-13(6-7-24-15)21(14)10-18-20-17/h2-8,10H,9H2,1H3,(H,19,22). The zero-order valence-corrected chi connectivity index (χ0v) is 14.1. The minimum Gasteiger partial charge on any atom is -0.497 e. The lowest BCUT2D eigenvalue weighted by molar-refractivity contribution is -0.113. The van der Waals surface area contributed by atoms with E-state index in [1.807, 2.05) is 16.5 Å². The molecule has 0 aliphatic carbocycles. The first-order valence-corrected chi connectivity index (χ1v) is 8.50. The number of thioether (sulfide) groups is 1. The SMILES string of the molecule is COc1ccc(NC(=O)CSc2nncn3c2cc2occc23)cc1. The van der Waals surface area contributed by atoms with Crippen LogP contribution in [0.25, 0.3) is 16.6 Å². The molecule has 1 N–H and O–H groups in total. The van der Waals surface area contributed by atoms with E-state index in [9.17, 15) is 4.79 Å². The van der Waals surface area contributed by atoms with E-state index in [1.54, 1.807) is 44.0 Å². The van der Waals surface area contributed by atoms with Crippen LogP contribution >= 0.6 is 11.8 Å². The Morgan fingerprint density at radius 1 is 1.28 bits per heavy atom. The van der Waals surface area contributed by atoms with Crippen LogP contribution < -0.4 is 10.1 Å². The third-order valence-electron chi connectivity index (χ3n) is 3.71. The summed E-state index contributed by atoms with van der Waals surface area (Å²) in [5, 5.41) is 11.7. The summed E-state index contributed by atoms with van der Waals surface area (Å²) in [6, 6.07) is 10.9. The molecule has 126 valence electrons. The molecule has 4 rings (SSSR count). The number of furan rings is 1. The Hall–Kier alpha value is -3.00. The summed E-state index contributed by atoms with van der Waals surface area (Å²) in [5.41, 5.74) is 3.27. The molecule has 0 aliphatic heterocycles. The Balaban J connectivity index is 1.47. The molecular formula is C17H14N4O3S. The van der Waals surface area contributed by atoms with Crippen LogP contribution in [0.15, 0.2) is 58.4 Å². The number of fused-ring (bicyclic) bond motifs is 3. The molecule has 0 radical (unpaired) electrons. The molecule has 0 atom stereocenters. The highest BCUT2D eigenvalue weighted by Crippen LogP contribution is 2.27. The molecule has 8 heteroatoms. The van der Waals surface area contributed by atoms with Crippen molar-refractivity contribution >= 4 is 40.0 Å². The van der Waals surface area contributed by atoms with Gasteiger partial charge in [-0.1, -0.05) is 11.8 Å². The van der Waals surface area contributed by atoms with Crippen LogP contribution in [0, 0.1) is 0 Å². The summed E-state index contributed by atoms with van der Waals surface area (Å²) in [7, 11) is 1.60. The van der Waals surface area contributed by atoms with E-state index in [0.29, 0.717) is 5.03 Å². The number of nitrogens with one attached hydrogen (secondary N) is 1. The fourth-order valence-electron chi connectivity index (χ4n) is 2.52. The van der Waals surface area contributed by atoms with E-state index in [4.69, 9.17) is 9.15 Å². The lowest BCUT2D eigenvalue weighted by atomic mass is 10.3. The quantitative estimate of drug-likeness (QED) is 0.554. The van der Waals surface area contributed by atoms with Gasteiger partial charge in [-0.2, -0.15) is 0 Å². The van der Waals surface area contributed by atoms with Crippen LogP contribution in [0.3, 0.4) is 0 Å². The number of methoxy groups -OCH3 is 1. The van der Waals surface area contributed by atoms with Crippen LogP contribution in [0.2, 0.25) is 0 Å². The number of rotatable bonds is 5. The van der Waals surface area contributed by atoms with Gasteiger partial charge in [0.15, 0.2) is 5.58 Å². The Morgan fingerprint density at radius 2 is 2.12 bits per heavy atom. The van der Waals surface area contributed by atoms with Gasteiger partial charge in [0, 0.05) is 17.8 Å². The highest BCUT2D eigenvalue weighted by molar-refractivity contribution is 8.00. The van der Waals surface area contributed by atoms with E-state index in [-0.39, 0.29) is 11.7 Å². The first kappa shape index (κ1) is 15.5. The number of hydrogen-bond acceptors (Lipinski definition) is 6. The largest absolute Gasteiger partial charge is 0.497 e. The summed E-state index contributed by atoms with van der Waals surface area (Å²) in [5.74, 6) is 0.855. The number of anilines is 1. The molecule has 0 spiro atoms. The highest BCUT2D eigenvalue weighted by atomic mass is 32.2. The first-order valence-electron chi connectivity index (χ1n) is 7.51. The van der Waals surface area contributed by atoms with E-state index < -0.39 is 0 Å². The summed E-state index contributed by atoms with van der Waals surface area (Å²) < 4.78 is 12.4. The van der Waals surface area contributed by atoms with Crippen molar-refractivity contribution in [2.24, 2.45) is 0 Å². The molecule has 1 amide bonds. The molecule has 1 aromatic carbocycles. The average molecular weight is 354 g/mol. The maximum Gasteiger partial charge on any atom is 0.234 e. The van der Waals surface area contributed by atoms with E-state index in [2.05, 4.69) is 15.5 Å². The predicted octanol–water partition coefficient (Wildman–Crippen LogP) is 3.21. The lowest BCUT2D eigenvalue weighted by Crippen LogP contribution is -2.14. The average Bonchev–Trinajstić information content (AvgIpc) is 3.22. The van der Waals surface area contributed by atoms with Gasteiger partial charge < -0.3 is 14.5 Å². The zero-order valence-electron chi connectivity index (χ0n) is 13.3. The molecule has 25 heavy (non-hydrogen) atoms. The van der Waals surface area contributed by atoms with Crippen LogP contribution in [-0.2, 0) is 4.79 Å². The minimum absolute atomic E-state index is 0.116. The molecular weight excluding hydrogens is 340 g/mol. The smallest absolute Gasteiger partial charge is 0.234 e. The molecule has 0 saturated carbocycles. The summed E-state index contributed by atoms with van der Waals surface area (Å²) in [4.78, 5) is 12.2. The predicted molar refractivity (Wildman–Crippen MR) is 95.1 cm³/mol.